The van der Waals surface area contributed by atoms with Crippen LogP contribution < -0.4 is 0 Å². The second-order valence-corrected chi connectivity index (χ2v) is 10.4. The summed E-state index contributed by atoms with van der Waals surface area (Å²) in [6, 6.07) is 17.0. The molecule has 4 aromatic rings. The quantitative estimate of drug-likeness (QED) is 0.341. The summed E-state index contributed by atoms with van der Waals surface area (Å²) >= 11 is 8.81. The normalized spacial score (nSPS) is 16.7. The highest BCUT2D eigenvalue weighted by Gasteiger charge is 2.33. The Kier molecular flexibility index (Phi) is 5.19. The van der Waals surface area contributed by atoms with Gasteiger partial charge in [-0.3, -0.25) is 9.56 Å². The highest BCUT2D eigenvalue weighted by atomic mass is 35.5. The highest BCUT2D eigenvalue weighted by Crippen LogP contribution is 2.43. The van der Waals surface area contributed by atoms with Gasteiger partial charge in [0.05, 0.1) is 10.7 Å². The number of hydrogen-bond donors (Lipinski definition) is 0. The fourth-order valence-electron chi connectivity index (χ4n) is 5.05. The molecule has 0 spiro atoms. The molecule has 4 nitrogen and oxygen atoms in total. The van der Waals surface area contributed by atoms with Crippen LogP contribution in [0, 0.1) is 6.92 Å². The van der Waals surface area contributed by atoms with Gasteiger partial charge in [0.2, 0.25) is 0 Å². The molecule has 1 aliphatic heterocycles. The maximum atomic E-state index is 6.93. The van der Waals surface area contributed by atoms with Crippen LogP contribution in [0.3, 0.4) is 0 Å². The van der Waals surface area contributed by atoms with Crippen LogP contribution in [0.15, 0.2) is 53.5 Å². The minimum atomic E-state index is -0.0910. The number of aryl methyl sites for hydroxylation is 4. The third-order valence-corrected chi connectivity index (χ3v) is 8.31. The van der Waals surface area contributed by atoms with Crippen molar-refractivity contribution >= 4 is 28.6 Å². The first-order valence-corrected chi connectivity index (χ1v) is 12.8. The van der Waals surface area contributed by atoms with Gasteiger partial charge in [-0.15, -0.1) is 21.5 Å². The second kappa shape index (κ2) is 8.23. The number of aliphatic imine (C=N–C) groups is 1. The summed E-state index contributed by atoms with van der Waals surface area (Å²) in [5, 5.41) is 10.8. The summed E-state index contributed by atoms with van der Waals surface area (Å²) in [7, 11) is 0. The van der Waals surface area contributed by atoms with E-state index in [1.165, 1.54) is 38.6 Å². The van der Waals surface area contributed by atoms with Crippen LogP contribution in [0.25, 0.3) is 5.00 Å². The molecule has 166 valence electrons. The maximum Gasteiger partial charge on any atom is 0.162 e. The zero-order chi connectivity index (χ0) is 22.5. The third-order valence-electron chi connectivity index (χ3n) is 6.72. The first-order valence-electron chi connectivity index (χ1n) is 11.6. The Labute approximate surface area is 203 Å². The number of fused-ring (bicyclic) bond motifs is 5. The van der Waals surface area contributed by atoms with Gasteiger partial charge in [0, 0.05) is 16.0 Å². The molecule has 0 fully saturated rings. The maximum absolute atomic E-state index is 6.93. The molecule has 6 heteroatoms. The minimum absolute atomic E-state index is 0.0910. The van der Waals surface area contributed by atoms with Crippen LogP contribution in [-0.2, 0) is 25.7 Å². The first-order chi connectivity index (χ1) is 16.1. The summed E-state index contributed by atoms with van der Waals surface area (Å²) in [6.07, 6.45) is 5.41. The number of benzene rings is 2. The number of aromatic nitrogens is 3. The fourth-order valence-corrected chi connectivity index (χ4v) is 6.79. The Morgan fingerprint density at radius 1 is 1.03 bits per heavy atom. The standard InChI is InChI=1S/C27H25ClN4S/c1-16-26-31-30-17(2)32(26)27-24(21-9-6-10-23(21)33-27)25(29-16)20-14-13-19(15-22(20)28)12-11-18-7-4-3-5-8-18/h3-5,7-8,13-16H,6,9-12H2,1-2H3/t16-/m0/s1. The molecule has 2 aromatic heterocycles. The summed E-state index contributed by atoms with van der Waals surface area (Å²) in [5.41, 5.74) is 7.28. The van der Waals surface area contributed by atoms with Gasteiger partial charge < -0.3 is 0 Å². The Morgan fingerprint density at radius 2 is 1.85 bits per heavy atom. The predicted octanol–water partition coefficient (Wildman–Crippen LogP) is 6.48. The molecule has 0 bridgehead atoms. The van der Waals surface area contributed by atoms with E-state index in [0.717, 1.165) is 53.6 Å². The van der Waals surface area contributed by atoms with Crippen LogP contribution in [-0.4, -0.2) is 20.5 Å². The Morgan fingerprint density at radius 3 is 2.67 bits per heavy atom. The van der Waals surface area contributed by atoms with E-state index in [-0.39, 0.29) is 6.04 Å². The molecular formula is C27H25ClN4S. The Bertz CT molecular complexity index is 1380. The summed E-state index contributed by atoms with van der Waals surface area (Å²) in [6.45, 7) is 4.12. The van der Waals surface area contributed by atoms with Gasteiger partial charge in [0.1, 0.15) is 16.9 Å². The van der Waals surface area contributed by atoms with Crippen molar-refractivity contribution in [3.05, 3.63) is 97.9 Å². The number of halogens is 1. The molecule has 0 saturated carbocycles. The van der Waals surface area contributed by atoms with E-state index in [0.29, 0.717) is 0 Å². The second-order valence-electron chi connectivity index (χ2n) is 8.93. The van der Waals surface area contributed by atoms with Crippen LogP contribution in [0.1, 0.15) is 63.7 Å². The SMILES string of the molecule is Cc1nnc2n1-c1sc3c(c1C(c1ccc(CCc4ccccc4)cc1Cl)=N[C@H]2C)CCC3. The van der Waals surface area contributed by atoms with Gasteiger partial charge in [-0.2, -0.15) is 0 Å². The zero-order valence-electron chi connectivity index (χ0n) is 18.8. The fraction of sp³-hybridized carbons (Fsp3) is 0.296. The van der Waals surface area contributed by atoms with Gasteiger partial charge in [-0.05, 0) is 68.7 Å². The summed E-state index contributed by atoms with van der Waals surface area (Å²) in [5.74, 6) is 1.82. The molecule has 2 aromatic carbocycles. The molecular weight excluding hydrogens is 448 g/mol. The van der Waals surface area contributed by atoms with Crippen molar-refractivity contribution in [3.63, 3.8) is 0 Å². The molecule has 0 amide bonds. The van der Waals surface area contributed by atoms with E-state index in [2.05, 4.69) is 70.2 Å². The average molecular weight is 473 g/mol. The van der Waals surface area contributed by atoms with Crippen molar-refractivity contribution in [2.45, 2.75) is 52.0 Å². The van der Waals surface area contributed by atoms with Crippen molar-refractivity contribution in [1.29, 1.82) is 0 Å². The van der Waals surface area contributed by atoms with E-state index in [1.807, 2.05) is 18.3 Å². The highest BCUT2D eigenvalue weighted by molar-refractivity contribution is 7.15. The van der Waals surface area contributed by atoms with Crippen LogP contribution in [0.2, 0.25) is 5.02 Å². The van der Waals surface area contributed by atoms with E-state index >= 15 is 0 Å². The predicted molar refractivity (Wildman–Crippen MR) is 135 cm³/mol. The number of thiophene rings is 1. The smallest absolute Gasteiger partial charge is 0.162 e. The van der Waals surface area contributed by atoms with E-state index in [1.54, 1.807) is 0 Å². The molecule has 6 rings (SSSR count). The van der Waals surface area contributed by atoms with Gasteiger partial charge >= 0.3 is 0 Å². The van der Waals surface area contributed by atoms with Crippen molar-refractivity contribution < 1.29 is 0 Å². The monoisotopic (exact) mass is 472 g/mol. The Hall–Kier alpha value is -2.76. The van der Waals surface area contributed by atoms with Crippen LogP contribution in [0.5, 0.6) is 0 Å². The lowest BCUT2D eigenvalue weighted by molar-refractivity contribution is 0.724. The Balaban J connectivity index is 1.42. The zero-order valence-corrected chi connectivity index (χ0v) is 20.4. The first kappa shape index (κ1) is 20.8. The van der Waals surface area contributed by atoms with Gasteiger partial charge in [0.15, 0.2) is 5.82 Å². The minimum Gasteiger partial charge on any atom is -0.273 e. The molecule has 3 heterocycles. The van der Waals surface area contributed by atoms with E-state index < -0.39 is 0 Å². The lowest BCUT2D eigenvalue weighted by Gasteiger charge is -2.13. The molecule has 1 aliphatic carbocycles. The van der Waals surface area contributed by atoms with E-state index in [4.69, 9.17) is 16.6 Å². The third kappa shape index (κ3) is 3.54. The number of rotatable bonds is 4. The molecule has 0 radical (unpaired) electrons. The lowest BCUT2D eigenvalue weighted by atomic mass is 9.96. The number of hydrogen-bond acceptors (Lipinski definition) is 4. The molecule has 2 aliphatic rings. The molecule has 0 N–H and O–H groups in total. The molecule has 1 atom stereocenters. The van der Waals surface area contributed by atoms with Gasteiger partial charge in [0.25, 0.3) is 0 Å². The van der Waals surface area contributed by atoms with Crippen LogP contribution in [0.4, 0.5) is 0 Å². The average Bonchev–Trinajstić information content (AvgIpc) is 3.49. The summed E-state index contributed by atoms with van der Waals surface area (Å²) in [4.78, 5) is 6.66. The molecule has 0 saturated heterocycles. The lowest BCUT2D eigenvalue weighted by Crippen LogP contribution is -2.09. The molecule has 0 unspecified atom stereocenters. The van der Waals surface area contributed by atoms with Crippen molar-refractivity contribution in [3.8, 4) is 5.00 Å². The summed E-state index contributed by atoms with van der Waals surface area (Å²) < 4.78 is 2.21. The number of nitrogens with zero attached hydrogens (tertiary/aromatic N) is 4. The van der Waals surface area contributed by atoms with Crippen molar-refractivity contribution in [1.82, 2.24) is 14.8 Å². The molecule has 33 heavy (non-hydrogen) atoms. The van der Waals surface area contributed by atoms with Gasteiger partial charge in [-0.25, -0.2) is 0 Å². The van der Waals surface area contributed by atoms with E-state index in [9.17, 15) is 0 Å². The topological polar surface area (TPSA) is 43.1 Å². The van der Waals surface area contributed by atoms with Gasteiger partial charge in [-0.1, -0.05) is 54.1 Å². The van der Waals surface area contributed by atoms with Crippen molar-refractivity contribution in [2.75, 3.05) is 0 Å². The van der Waals surface area contributed by atoms with Crippen LogP contribution >= 0.6 is 22.9 Å². The van der Waals surface area contributed by atoms with Crippen molar-refractivity contribution in [2.24, 2.45) is 4.99 Å². The largest absolute Gasteiger partial charge is 0.273 e.